The zero-order chi connectivity index (χ0) is 22.1. The summed E-state index contributed by atoms with van der Waals surface area (Å²) in [6.07, 6.45) is 0.159. The Kier molecular flexibility index (Phi) is 8.44. The van der Waals surface area contributed by atoms with Crippen molar-refractivity contribution in [1.29, 1.82) is 5.26 Å². The molecular formula is C22H24F2N4O2. The number of nitrogens with zero attached hydrogens (tertiary/aromatic N) is 3. The molecule has 30 heavy (non-hydrogen) atoms. The van der Waals surface area contributed by atoms with Crippen molar-refractivity contribution in [1.82, 2.24) is 4.90 Å². The number of anilines is 2. The Balaban J connectivity index is 2.13. The molecular weight excluding hydrogens is 390 g/mol. The number of likely N-dealkylation sites (N-methyl/N-ethyl adjacent to an activating group) is 1. The lowest BCUT2D eigenvalue weighted by Crippen LogP contribution is -2.49. The molecule has 1 unspecified atom stereocenters. The van der Waals surface area contributed by atoms with Crippen molar-refractivity contribution in [2.24, 2.45) is 0 Å². The summed E-state index contributed by atoms with van der Waals surface area (Å²) in [6.45, 7) is 3.79. The van der Waals surface area contributed by atoms with E-state index in [4.69, 9.17) is 5.26 Å². The number of halogens is 2. The average molecular weight is 414 g/mol. The molecule has 0 bridgehead atoms. The van der Waals surface area contributed by atoms with Crippen LogP contribution >= 0.6 is 0 Å². The van der Waals surface area contributed by atoms with Crippen molar-refractivity contribution in [2.45, 2.75) is 26.3 Å². The number of nitrogens with one attached hydrogen (secondary N) is 1. The van der Waals surface area contributed by atoms with Crippen LogP contribution in [0.4, 0.5) is 20.2 Å². The zero-order valence-electron chi connectivity index (χ0n) is 16.9. The minimum Gasteiger partial charge on any atom is -0.320 e. The Hall–Kier alpha value is -3.31. The van der Waals surface area contributed by atoms with Gasteiger partial charge in [0.15, 0.2) is 0 Å². The third kappa shape index (κ3) is 5.84. The lowest BCUT2D eigenvalue weighted by Gasteiger charge is -2.31. The molecule has 1 N–H and O–H groups in total. The standard InChI is InChI=1S/C22H24F2N4O2/c1-3-27(15-20(29)26-21-18(23)11-7-12-19(21)24)16(2)22(30)28(14-8-13-25)17-9-5-4-6-10-17/h4-7,9-12,16H,3,8,14-15H2,1-2H3,(H,26,29). The smallest absolute Gasteiger partial charge is 0.244 e. The second-order valence-corrected chi connectivity index (χ2v) is 6.62. The van der Waals surface area contributed by atoms with Gasteiger partial charge >= 0.3 is 0 Å². The highest BCUT2D eigenvalue weighted by Crippen LogP contribution is 2.19. The number of carbonyl (C=O) groups excluding carboxylic acids is 2. The number of para-hydroxylation sites is 2. The zero-order valence-corrected chi connectivity index (χ0v) is 16.9. The fourth-order valence-electron chi connectivity index (χ4n) is 3.02. The number of hydrogen-bond acceptors (Lipinski definition) is 4. The molecule has 8 heteroatoms. The highest BCUT2D eigenvalue weighted by molar-refractivity contribution is 5.98. The Morgan fingerprint density at radius 3 is 2.30 bits per heavy atom. The maximum Gasteiger partial charge on any atom is 0.244 e. The van der Waals surface area contributed by atoms with E-state index in [9.17, 15) is 18.4 Å². The Bertz CT molecular complexity index is 895. The highest BCUT2D eigenvalue weighted by atomic mass is 19.1. The topological polar surface area (TPSA) is 76.4 Å². The summed E-state index contributed by atoms with van der Waals surface area (Å²) < 4.78 is 27.5. The van der Waals surface area contributed by atoms with Crippen molar-refractivity contribution in [3.05, 3.63) is 60.2 Å². The molecule has 6 nitrogen and oxygen atoms in total. The van der Waals surface area contributed by atoms with Crippen molar-refractivity contribution >= 4 is 23.2 Å². The number of benzene rings is 2. The Morgan fingerprint density at radius 2 is 1.73 bits per heavy atom. The number of hydrogen-bond donors (Lipinski definition) is 1. The summed E-state index contributed by atoms with van der Waals surface area (Å²) in [4.78, 5) is 28.6. The van der Waals surface area contributed by atoms with E-state index >= 15 is 0 Å². The van der Waals surface area contributed by atoms with Gasteiger partial charge in [0, 0.05) is 12.2 Å². The van der Waals surface area contributed by atoms with Crippen LogP contribution < -0.4 is 10.2 Å². The summed E-state index contributed by atoms with van der Waals surface area (Å²) in [5, 5.41) is 11.2. The molecule has 0 spiro atoms. The van der Waals surface area contributed by atoms with E-state index in [0.717, 1.165) is 12.1 Å². The maximum absolute atomic E-state index is 13.8. The fourth-order valence-corrected chi connectivity index (χ4v) is 3.02. The third-order valence-electron chi connectivity index (χ3n) is 4.67. The molecule has 1 atom stereocenters. The maximum atomic E-state index is 13.8. The molecule has 0 aliphatic heterocycles. The molecule has 2 amide bonds. The molecule has 0 aliphatic carbocycles. The molecule has 0 heterocycles. The fraction of sp³-hybridized carbons (Fsp3) is 0.318. The van der Waals surface area contributed by atoms with E-state index in [2.05, 4.69) is 5.32 Å². The van der Waals surface area contributed by atoms with Gasteiger partial charge in [-0.2, -0.15) is 5.26 Å². The van der Waals surface area contributed by atoms with Crippen LogP contribution in [-0.2, 0) is 9.59 Å². The monoisotopic (exact) mass is 414 g/mol. The summed E-state index contributed by atoms with van der Waals surface area (Å²) >= 11 is 0. The van der Waals surface area contributed by atoms with Crippen LogP contribution in [-0.4, -0.2) is 42.4 Å². The van der Waals surface area contributed by atoms with Gasteiger partial charge in [-0.15, -0.1) is 0 Å². The van der Waals surface area contributed by atoms with Crippen LogP contribution in [0.3, 0.4) is 0 Å². The molecule has 2 aromatic rings. The number of nitriles is 1. The van der Waals surface area contributed by atoms with Gasteiger partial charge in [-0.3, -0.25) is 14.5 Å². The summed E-state index contributed by atoms with van der Waals surface area (Å²) in [7, 11) is 0. The second-order valence-electron chi connectivity index (χ2n) is 6.62. The molecule has 0 fully saturated rings. The van der Waals surface area contributed by atoms with Crippen LogP contribution in [0.5, 0.6) is 0 Å². The minimum atomic E-state index is -0.873. The first-order valence-electron chi connectivity index (χ1n) is 9.60. The summed E-state index contributed by atoms with van der Waals surface area (Å²) in [6, 6.07) is 13.6. The molecule has 158 valence electrons. The van der Waals surface area contributed by atoms with Gasteiger partial charge in [0.2, 0.25) is 11.8 Å². The number of rotatable bonds is 9. The van der Waals surface area contributed by atoms with E-state index in [0.29, 0.717) is 12.2 Å². The lowest BCUT2D eigenvalue weighted by molar-refractivity contribution is -0.125. The van der Waals surface area contributed by atoms with Crippen molar-refractivity contribution in [3.8, 4) is 6.07 Å². The summed E-state index contributed by atoms with van der Waals surface area (Å²) in [5.41, 5.74) is 0.135. The quantitative estimate of drug-likeness (QED) is 0.681. The van der Waals surface area contributed by atoms with Gasteiger partial charge in [-0.05, 0) is 37.7 Å². The molecule has 0 saturated carbocycles. The van der Waals surface area contributed by atoms with Crippen LogP contribution in [0.2, 0.25) is 0 Å². The van der Waals surface area contributed by atoms with Gasteiger partial charge in [0.1, 0.15) is 17.3 Å². The normalized spacial score (nSPS) is 11.6. The Morgan fingerprint density at radius 1 is 1.10 bits per heavy atom. The third-order valence-corrected chi connectivity index (χ3v) is 4.67. The molecule has 0 aliphatic rings. The second kappa shape index (κ2) is 11.0. The van der Waals surface area contributed by atoms with E-state index in [1.807, 2.05) is 12.1 Å². The van der Waals surface area contributed by atoms with Gasteiger partial charge in [0.25, 0.3) is 0 Å². The lowest BCUT2D eigenvalue weighted by atomic mass is 10.2. The van der Waals surface area contributed by atoms with Crippen LogP contribution in [0.25, 0.3) is 0 Å². The van der Waals surface area contributed by atoms with Crippen LogP contribution in [0, 0.1) is 23.0 Å². The van der Waals surface area contributed by atoms with E-state index in [1.54, 1.807) is 43.0 Å². The van der Waals surface area contributed by atoms with Crippen LogP contribution in [0.1, 0.15) is 20.3 Å². The van der Waals surface area contributed by atoms with E-state index < -0.39 is 29.3 Å². The molecule has 2 aromatic carbocycles. The van der Waals surface area contributed by atoms with Crippen molar-refractivity contribution in [2.75, 3.05) is 29.9 Å². The average Bonchev–Trinajstić information content (AvgIpc) is 2.75. The predicted octanol–water partition coefficient (Wildman–Crippen LogP) is 3.56. The summed E-state index contributed by atoms with van der Waals surface area (Å²) in [5.74, 6) is -2.66. The van der Waals surface area contributed by atoms with Gasteiger partial charge in [-0.1, -0.05) is 31.2 Å². The van der Waals surface area contributed by atoms with Gasteiger partial charge < -0.3 is 10.2 Å². The molecule has 0 radical (unpaired) electrons. The SMILES string of the molecule is CCN(CC(=O)Nc1c(F)cccc1F)C(C)C(=O)N(CCC#N)c1ccccc1. The van der Waals surface area contributed by atoms with Gasteiger partial charge in [-0.25, -0.2) is 8.78 Å². The first kappa shape index (κ1) is 23.0. The number of carbonyl (C=O) groups is 2. The van der Waals surface area contributed by atoms with E-state index in [1.165, 1.54) is 11.0 Å². The molecule has 2 rings (SSSR count). The van der Waals surface area contributed by atoms with Crippen molar-refractivity contribution < 1.29 is 18.4 Å². The number of amides is 2. The predicted molar refractivity (Wildman–Crippen MR) is 111 cm³/mol. The first-order chi connectivity index (χ1) is 14.4. The van der Waals surface area contributed by atoms with Crippen LogP contribution in [0.15, 0.2) is 48.5 Å². The minimum absolute atomic E-state index is 0.159. The Labute approximate surface area is 174 Å². The molecule has 0 saturated heterocycles. The van der Waals surface area contributed by atoms with Gasteiger partial charge in [0.05, 0.1) is 25.1 Å². The molecule has 0 aromatic heterocycles. The largest absolute Gasteiger partial charge is 0.320 e. The first-order valence-corrected chi connectivity index (χ1v) is 9.60. The van der Waals surface area contributed by atoms with E-state index in [-0.39, 0.29) is 25.4 Å². The van der Waals surface area contributed by atoms with Crippen molar-refractivity contribution in [3.63, 3.8) is 0 Å². The highest BCUT2D eigenvalue weighted by Gasteiger charge is 2.27.